The van der Waals surface area contributed by atoms with E-state index in [-0.39, 0.29) is 11.6 Å². The highest BCUT2D eigenvalue weighted by molar-refractivity contribution is 8.00. The molecule has 25 heavy (non-hydrogen) atoms. The zero-order valence-corrected chi connectivity index (χ0v) is 14.0. The molecular formula is C20H15F2NOS. The zero-order valence-electron chi connectivity index (χ0n) is 13.2. The lowest BCUT2D eigenvalue weighted by molar-refractivity contribution is -0.115. The summed E-state index contributed by atoms with van der Waals surface area (Å²) in [7, 11) is 0. The third kappa shape index (κ3) is 4.45. The quantitative estimate of drug-likeness (QED) is 0.618. The van der Waals surface area contributed by atoms with Crippen LogP contribution in [0.2, 0.25) is 0 Å². The van der Waals surface area contributed by atoms with Crippen LogP contribution in [0.5, 0.6) is 0 Å². The Labute approximate surface area is 148 Å². The molecule has 5 heteroatoms. The Bertz CT molecular complexity index is 856. The van der Waals surface area contributed by atoms with Crippen molar-refractivity contribution in [3.63, 3.8) is 0 Å². The van der Waals surface area contributed by atoms with Crippen molar-refractivity contribution >= 4 is 23.4 Å². The first-order chi connectivity index (χ1) is 12.1. The van der Waals surface area contributed by atoms with E-state index in [1.165, 1.54) is 17.8 Å². The molecule has 3 aromatic rings. The molecule has 0 aromatic heterocycles. The highest BCUT2D eigenvalue weighted by Crippen LogP contribution is 2.36. The van der Waals surface area contributed by atoms with Crippen LogP contribution < -0.4 is 5.32 Å². The topological polar surface area (TPSA) is 29.1 Å². The first kappa shape index (κ1) is 17.2. The maximum absolute atomic E-state index is 13.8. The number of anilines is 1. The van der Waals surface area contributed by atoms with Gasteiger partial charge >= 0.3 is 0 Å². The lowest BCUT2D eigenvalue weighted by Crippen LogP contribution is -2.19. The van der Waals surface area contributed by atoms with Gasteiger partial charge in [-0.25, -0.2) is 8.78 Å². The SMILES string of the molecule is O=C(Nc1ccc(F)cc1F)[C@@H](Sc1ccccc1)c1ccccc1. The van der Waals surface area contributed by atoms with Crippen molar-refractivity contribution in [2.75, 3.05) is 5.32 Å². The van der Waals surface area contributed by atoms with Crippen molar-refractivity contribution in [2.45, 2.75) is 10.1 Å². The number of hydrogen-bond donors (Lipinski definition) is 1. The van der Waals surface area contributed by atoms with Gasteiger partial charge in [-0.05, 0) is 29.8 Å². The molecular weight excluding hydrogens is 340 g/mol. The molecule has 0 radical (unpaired) electrons. The summed E-state index contributed by atoms with van der Waals surface area (Å²) in [5, 5.41) is 1.99. The van der Waals surface area contributed by atoms with E-state index in [0.717, 1.165) is 22.6 Å². The molecule has 0 saturated carbocycles. The van der Waals surface area contributed by atoms with Crippen LogP contribution in [-0.4, -0.2) is 5.91 Å². The first-order valence-corrected chi connectivity index (χ1v) is 8.54. The fourth-order valence-corrected chi connectivity index (χ4v) is 3.37. The van der Waals surface area contributed by atoms with Crippen molar-refractivity contribution in [3.8, 4) is 0 Å². The Morgan fingerprint density at radius 3 is 2.16 bits per heavy atom. The number of halogens is 2. The highest BCUT2D eigenvalue weighted by atomic mass is 32.2. The largest absolute Gasteiger partial charge is 0.322 e. The molecule has 0 spiro atoms. The molecule has 0 bridgehead atoms. The van der Waals surface area contributed by atoms with E-state index in [0.29, 0.717) is 0 Å². The highest BCUT2D eigenvalue weighted by Gasteiger charge is 2.23. The normalized spacial score (nSPS) is 11.8. The maximum Gasteiger partial charge on any atom is 0.242 e. The Kier molecular flexibility index (Phi) is 5.46. The molecule has 0 aliphatic carbocycles. The number of nitrogens with one attached hydrogen (secondary N) is 1. The summed E-state index contributed by atoms with van der Waals surface area (Å²) in [5.74, 6) is -1.86. The predicted octanol–water partition coefficient (Wildman–Crippen LogP) is 5.44. The van der Waals surface area contributed by atoms with E-state index in [2.05, 4.69) is 5.32 Å². The van der Waals surface area contributed by atoms with E-state index in [4.69, 9.17) is 0 Å². The van der Waals surface area contributed by atoms with Gasteiger partial charge in [-0.3, -0.25) is 4.79 Å². The van der Waals surface area contributed by atoms with Crippen molar-refractivity contribution in [1.29, 1.82) is 0 Å². The van der Waals surface area contributed by atoms with Crippen LogP contribution in [0.3, 0.4) is 0 Å². The van der Waals surface area contributed by atoms with Gasteiger partial charge in [-0.15, -0.1) is 11.8 Å². The van der Waals surface area contributed by atoms with Gasteiger partial charge in [0, 0.05) is 11.0 Å². The van der Waals surface area contributed by atoms with Crippen LogP contribution in [0, 0.1) is 11.6 Å². The van der Waals surface area contributed by atoms with Crippen molar-refractivity contribution in [1.82, 2.24) is 0 Å². The van der Waals surface area contributed by atoms with Gasteiger partial charge in [0.15, 0.2) is 0 Å². The molecule has 0 aliphatic rings. The van der Waals surface area contributed by atoms with Crippen LogP contribution in [0.1, 0.15) is 10.8 Å². The molecule has 1 atom stereocenters. The predicted molar refractivity (Wildman–Crippen MR) is 96.5 cm³/mol. The number of hydrogen-bond acceptors (Lipinski definition) is 2. The molecule has 0 aliphatic heterocycles. The second-order valence-electron chi connectivity index (χ2n) is 5.34. The van der Waals surface area contributed by atoms with E-state index in [1.807, 2.05) is 60.7 Å². The Morgan fingerprint density at radius 2 is 1.52 bits per heavy atom. The zero-order chi connectivity index (χ0) is 17.6. The summed E-state index contributed by atoms with van der Waals surface area (Å²) >= 11 is 1.37. The monoisotopic (exact) mass is 355 g/mol. The summed E-state index contributed by atoms with van der Waals surface area (Å²) < 4.78 is 26.9. The molecule has 1 amide bonds. The first-order valence-electron chi connectivity index (χ1n) is 7.66. The summed E-state index contributed by atoms with van der Waals surface area (Å²) in [4.78, 5) is 13.7. The summed E-state index contributed by atoms with van der Waals surface area (Å²) in [5.41, 5.74) is 0.761. The molecule has 3 aromatic carbocycles. The fourth-order valence-electron chi connectivity index (χ4n) is 2.33. The minimum absolute atomic E-state index is 0.0407. The van der Waals surface area contributed by atoms with Gasteiger partial charge in [0.1, 0.15) is 16.9 Å². The smallest absolute Gasteiger partial charge is 0.242 e. The molecule has 0 unspecified atom stereocenters. The minimum atomic E-state index is -0.801. The van der Waals surface area contributed by atoms with Crippen LogP contribution in [0.4, 0.5) is 14.5 Å². The number of benzene rings is 3. The molecule has 0 fully saturated rings. The number of rotatable bonds is 5. The molecule has 3 rings (SSSR count). The van der Waals surface area contributed by atoms with Crippen molar-refractivity contribution in [2.24, 2.45) is 0 Å². The van der Waals surface area contributed by atoms with E-state index < -0.39 is 16.9 Å². The Hall–Kier alpha value is -2.66. The van der Waals surface area contributed by atoms with Gasteiger partial charge in [-0.1, -0.05) is 48.5 Å². The minimum Gasteiger partial charge on any atom is -0.322 e. The van der Waals surface area contributed by atoms with Crippen molar-refractivity contribution < 1.29 is 13.6 Å². The third-order valence-electron chi connectivity index (χ3n) is 3.53. The van der Waals surface area contributed by atoms with Gasteiger partial charge in [0.05, 0.1) is 5.69 Å². The van der Waals surface area contributed by atoms with E-state index >= 15 is 0 Å². The average Bonchev–Trinajstić information content (AvgIpc) is 2.63. The third-order valence-corrected chi connectivity index (χ3v) is 4.79. The van der Waals surface area contributed by atoms with Gasteiger partial charge < -0.3 is 5.32 Å². The number of carbonyl (C=O) groups excluding carboxylic acids is 1. The maximum atomic E-state index is 13.8. The molecule has 0 saturated heterocycles. The summed E-state index contributed by atoms with van der Waals surface area (Å²) in [6, 6.07) is 21.8. The van der Waals surface area contributed by atoms with Crippen LogP contribution >= 0.6 is 11.8 Å². The second-order valence-corrected chi connectivity index (χ2v) is 6.51. The van der Waals surface area contributed by atoms with E-state index in [9.17, 15) is 13.6 Å². The lowest BCUT2D eigenvalue weighted by atomic mass is 10.1. The molecule has 0 heterocycles. The lowest BCUT2D eigenvalue weighted by Gasteiger charge is -2.17. The standard InChI is InChI=1S/C20H15F2NOS/c21-15-11-12-18(17(22)13-15)23-20(24)19(14-7-3-1-4-8-14)25-16-9-5-2-6-10-16/h1-13,19H,(H,23,24)/t19-/m0/s1. The van der Waals surface area contributed by atoms with Crippen molar-refractivity contribution in [3.05, 3.63) is 96.1 Å². The molecule has 1 N–H and O–H groups in total. The fraction of sp³-hybridized carbons (Fsp3) is 0.0500. The number of thioether (sulfide) groups is 1. The van der Waals surface area contributed by atoms with Crippen LogP contribution in [0.15, 0.2) is 83.8 Å². The van der Waals surface area contributed by atoms with Crippen LogP contribution in [0.25, 0.3) is 0 Å². The number of carbonyl (C=O) groups is 1. The van der Waals surface area contributed by atoms with E-state index in [1.54, 1.807) is 0 Å². The molecule has 126 valence electrons. The average molecular weight is 355 g/mol. The van der Waals surface area contributed by atoms with Gasteiger partial charge in [0.25, 0.3) is 0 Å². The van der Waals surface area contributed by atoms with Gasteiger partial charge in [0.2, 0.25) is 5.91 Å². The summed E-state index contributed by atoms with van der Waals surface area (Å²) in [6.07, 6.45) is 0. The Balaban J connectivity index is 1.87. The summed E-state index contributed by atoms with van der Waals surface area (Å²) in [6.45, 7) is 0. The Morgan fingerprint density at radius 1 is 0.880 bits per heavy atom. The molecule has 2 nitrogen and oxygen atoms in total. The van der Waals surface area contributed by atoms with Crippen LogP contribution in [-0.2, 0) is 4.79 Å². The second kappa shape index (κ2) is 7.94. The van der Waals surface area contributed by atoms with Gasteiger partial charge in [-0.2, -0.15) is 0 Å². The number of amides is 1.